The van der Waals surface area contributed by atoms with Crippen LogP contribution in [0.2, 0.25) is 10.0 Å². The number of fused-ring (bicyclic) bond motifs is 2. The molecule has 6 heteroatoms. The largest absolute Gasteiger partial charge is 0.393 e. The van der Waals surface area contributed by atoms with Crippen molar-refractivity contribution in [2.75, 3.05) is 0 Å². The summed E-state index contributed by atoms with van der Waals surface area (Å²) in [5.74, 6) is 2.11. The van der Waals surface area contributed by atoms with Crippen LogP contribution in [0.5, 0.6) is 0 Å². The van der Waals surface area contributed by atoms with E-state index >= 15 is 0 Å². The molecule has 3 saturated carbocycles. The summed E-state index contributed by atoms with van der Waals surface area (Å²) in [6.45, 7) is 0.451. The molecule has 0 aliphatic heterocycles. The summed E-state index contributed by atoms with van der Waals surface area (Å²) < 4.78 is 12.0. The molecule has 3 aliphatic rings. The Bertz CT molecular complexity index is 814. The minimum Gasteiger partial charge on any atom is -0.393 e. The number of hydrogen-bond acceptors (Lipinski definition) is 4. The van der Waals surface area contributed by atoms with Crippen molar-refractivity contribution in [3.8, 4) is 11.3 Å². The summed E-state index contributed by atoms with van der Waals surface area (Å²) in [6.07, 6.45) is 6.39. The summed E-state index contributed by atoms with van der Waals surface area (Å²) in [7, 11) is 0. The van der Waals surface area contributed by atoms with Gasteiger partial charge < -0.3 is 14.4 Å². The lowest BCUT2D eigenvalue weighted by molar-refractivity contribution is -0.0472. The van der Waals surface area contributed by atoms with E-state index in [-0.39, 0.29) is 12.2 Å². The highest BCUT2D eigenvalue weighted by Crippen LogP contribution is 2.47. The third kappa shape index (κ3) is 3.31. The van der Waals surface area contributed by atoms with Gasteiger partial charge in [-0.1, -0.05) is 34.4 Å². The first-order valence-corrected chi connectivity index (χ1v) is 10.6. The number of aliphatic hydroxyl groups is 1. The van der Waals surface area contributed by atoms with E-state index in [0.717, 1.165) is 49.8 Å². The van der Waals surface area contributed by atoms with Crippen molar-refractivity contribution >= 4 is 23.2 Å². The maximum absolute atomic E-state index is 10.2. The Hall–Kier alpha value is -1.07. The van der Waals surface area contributed by atoms with Crippen molar-refractivity contribution in [3.05, 3.63) is 39.6 Å². The van der Waals surface area contributed by atoms with Gasteiger partial charge in [0.1, 0.15) is 11.5 Å². The predicted octanol–water partition coefficient (Wildman–Crippen LogP) is 5.59. The van der Waals surface area contributed by atoms with E-state index in [4.69, 9.17) is 32.5 Å². The Labute approximate surface area is 168 Å². The number of hydrogen-bond donors (Lipinski definition) is 1. The first kappa shape index (κ1) is 18.0. The monoisotopic (exact) mass is 407 g/mol. The summed E-state index contributed by atoms with van der Waals surface area (Å²) in [6, 6.07) is 5.47. The van der Waals surface area contributed by atoms with Gasteiger partial charge in [-0.25, -0.2) is 0 Å². The molecule has 4 atom stereocenters. The fourth-order valence-electron chi connectivity index (χ4n) is 4.83. The second kappa shape index (κ2) is 7.07. The third-order valence-electron chi connectivity index (χ3n) is 6.44. The average molecular weight is 408 g/mol. The molecule has 2 bridgehead atoms. The second-order valence-corrected chi connectivity index (χ2v) is 9.05. The lowest BCUT2D eigenvalue weighted by Gasteiger charge is -2.32. The summed E-state index contributed by atoms with van der Waals surface area (Å²) >= 11 is 12.8. The fraction of sp³-hybridized carbons (Fsp3) is 0.571. The lowest BCUT2D eigenvalue weighted by Crippen LogP contribution is -2.34. The van der Waals surface area contributed by atoms with Crippen LogP contribution in [-0.2, 0) is 11.3 Å². The smallest absolute Gasteiger partial charge is 0.145 e. The molecule has 2 unspecified atom stereocenters. The SMILES string of the molecule is OC1[C@@H]2CC[C@H]1CC(OCc1c(-c3c(Cl)cccc3Cl)noc1C1CC1)C2. The normalized spacial score (nSPS) is 30.0. The van der Waals surface area contributed by atoms with E-state index in [9.17, 15) is 5.11 Å². The van der Waals surface area contributed by atoms with Crippen LogP contribution in [0, 0.1) is 11.8 Å². The highest BCUT2D eigenvalue weighted by molar-refractivity contribution is 6.39. The maximum Gasteiger partial charge on any atom is 0.145 e. The Morgan fingerprint density at radius 3 is 2.37 bits per heavy atom. The molecule has 1 heterocycles. The van der Waals surface area contributed by atoms with E-state index in [2.05, 4.69) is 5.16 Å². The summed E-state index contributed by atoms with van der Waals surface area (Å²) in [5.41, 5.74) is 2.39. The molecular formula is C21H23Cl2NO3. The van der Waals surface area contributed by atoms with Gasteiger partial charge in [-0.2, -0.15) is 0 Å². The molecule has 4 nitrogen and oxygen atoms in total. The minimum absolute atomic E-state index is 0.139. The van der Waals surface area contributed by atoms with Crippen LogP contribution in [0.3, 0.4) is 0 Å². The van der Waals surface area contributed by atoms with Gasteiger partial charge in [0, 0.05) is 17.0 Å². The number of ether oxygens (including phenoxy) is 1. The number of aliphatic hydroxyl groups excluding tert-OH is 1. The lowest BCUT2D eigenvalue weighted by atomic mass is 9.84. The van der Waals surface area contributed by atoms with Crippen LogP contribution >= 0.6 is 23.2 Å². The van der Waals surface area contributed by atoms with Crippen molar-refractivity contribution in [3.63, 3.8) is 0 Å². The van der Waals surface area contributed by atoms with Crippen molar-refractivity contribution in [2.45, 2.75) is 63.3 Å². The number of halogens is 2. The quantitative estimate of drug-likeness (QED) is 0.701. The maximum atomic E-state index is 10.2. The summed E-state index contributed by atoms with van der Waals surface area (Å²) in [4.78, 5) is 0. The Morgan fingerprint density at radius 1 is 1.07 bits per heavy atom. The van der Waals surface area contributed by atoms with Gasteiger partial charge in [-0.3, -0.25) is 0 Å². The highest BCUT2D eigenvalue weighted by Gasteiger charge is 2.42. The molecule has 27 heavy (non-hydrogen) atoms. The van der Waals surface area contributed by atoms with Gasteiger partial charge in [0.2, 0.25) is 0 Å². The van der Waals surface area contributed by atoms with E-state index in [1.165, 1.54) is 0 Å². The van der Waals surface area contributed by atoms with Crippen molar-refractivity contribution in [1.29, 1.82) is 0 Å². The number of nitrogens with zero attached hydrogens (tertiary/aromatic N) is 1. The molecule has 3 aliphatic carbocycles. The first-order chi connectivity index (χ1) is 13.1. The zero-order chi connectivity index (χ0) is 18.5. The van der Waals surface area contributed by atoms with Gasteiger partial charge in [-0.15, -0.1) is 0 Å². The van der Waals surface area contributed by atoms with Crippen LogP contribution in [-0.4, -0.2) is 22.5 Å². The molecule has 2 aromatic rings. The molecule has 0 radical (unpaired) electrons. The molecule has 1 aromatic heterocycles. The van der Waals surface area contributed by atoms with E-state index in [0.29, 0.717) is 45.7 Å². The number of benzene rings is 1. The molecule has 0 saturated heterocycles. The van der Waals surface area contributed by atoms with E-state index in [1.54, 1.807) is 0 Å². The van der Waals surface area contributed by atoms with Gasteiger partial charge in [0.25, 0.3) is 0 Å². The zero-order valence-corrected chi connectivity index (χ0v) is 16.5. The Morgan fingerprint density at radius 2 is 1.74 bits per heavy atom. The van der Waals surface area contributed by atoms with Crippen molar-refractivity contribution in [1.82, 2.24) is 5.16 Å². The molecule has 0 spiro atoms. The summed E-state index contributed by atoms with van der Waals surface area (Å²) in [5, 5.41) is 15.7. The van der Waals surface area contributed by atoms with Crippen molar-refractivity contribution in [2.24, 2.45) is 11.8 Å². The molecule has 1 N–H and O–H groups in total. The standard InChI is InChI=1S/C21H23Cl2NO3/c22-16-2-1-3-17(23)18(16)19-15(21(27-24-19)11-4-5-11)10-26-14-8-12-6-7-13(9-14)20(12)25/h1-3,11-14,20,25H,4-10H2/t12-,13+,14?,20?. The molecule has 144 valence electrons. The molecule has 3 fully saturated rings. The predicted molar refractivity (Wildman–Crippen MR) is 104 cm³/mol. The highest BCUT2D eigenvalue weighted by atomic mass is 35.5. The number of rotatable bonds is 5. The van der Waals surface area contributed by atoms with Crippen LogP contribution in [0.15, 0.2) is 22.7 Å². The van der Waals surface area contributed by atoms with Crippen LogP contribution in [0.25, 0.3) is 11.3 Å². The zero-order valence-electron chi connectivity index (χ0n) is 15.0. The number of aromatic nitrogens is 1. The average Bonchev–Trinajstić information content (AvgIpc) is 3.38. The van der Waals surface area contributed by atoms with Crippen LogP contribution < -0.4 is 0 Å². The van der Waals surface area contributed by atoms with Crippen LogP contribution in [0.4, 0.5) is 0 Å². The Kier molecular flexibility index (Phi) is 4.71. The van der Waals surface area contributed by atoms with Gasteiger partial charge in [-0.05, 0) is 62.5 Å². The van der Waals surface area contributed by atoms with Crippen molar-refractivity contribution < 1.29 is 14.4 Å². The fourth-order valence-corrected chi connectivity index (χ4v) is 5.40. The second-order valence-electron chi connectivity index (χ2n) is 8.24. The third-order valence-corrected chi connectivity index (χ3v) is 7.07. The van der Waals surface area contributed by atoms with E-state index < -0.39 is 0 Å². The van der Waals surface area contributed by atoms with Gasteiger partial charge in [0.15, 0.2) is 0 Å². The first-order valence-electron chi connectivity index (χ1n) is 9.84. The van der Waals surface area contributed by atoms with Gasteiger partial charge >= 0.3 is 0 Å². The minimum atomic E-state index is -0.139. The Balaban J connectivity index is 1.41. The molecule has 0 amide bonds. The molecular weight excluding hydrogens is 385 g/mol. The van der Waals surface area contributed by atoms with Crippen LogP contribution in [0.1, 0.15) is 55.8 Å². The molecule has 1 aromatic carbocycles. The van der Waals surface area contributed by atoms with E-state index in [1.807, 2.05) is 18.2 Å². The molecule has 5 rings (SSSR count). The van der Waals surface area contributed by atoms with Gasteiger partial charge in [0.05, 0.1) is 28.9 Å². The topological polar surface area (TPSA) is 55.5 Å².